The molecule has 0 aromatic heterocycles. The Bertz CT molecular complexity index is 498. The smallest absolute Gasteiger partial charge is 0.240 e. The predicted octanol–water partition coefficient (Wildman–Crippen LogP) is 2.05. The zero-order valence-corrected chi connectivity index (χ0v) is 11.8. The van der Waals surface area contributed by atoms with E-state index < -0.39 is 10.0 Å². The number of primary sulfonamides is 1. The molecule has 6 heteroatoms. The fourth-order valence-electron chi connectivity index (χ4n) is 1.21. The Morgan fingerprint density at radius 3 is 2.24 bits per heavy atom. The van der Waals surface area contributed by atoms with Crippen molar-refractivity contribution in [3.63, 3.8) is 0 Å². The van der Waals surface area contributed by atoms with Crippen LogP contribution in [0.4, 0.5) is 5.69 Å². The Labute approximate surface area is 107 Å². The predicted molar refractivity (Wildman–Crippen MR) is 72.4 cm³/mol. The van der Waals surface area contributed by atoms with Gasteiger partial charge in [0.05, 0.1) is 5.69 Å². The molecule has 0 saturated heterocycles. The van der Waals surface area contributed by atoms with Gasteiger partial charge in [-0.25, -0.2) is 13.6 Å². The highest BCUT2D eigenvalue weighted by atomic mass is 32.2. The monoisotopic (exact) mass is 274 g/mol. The molecule has 0 aliphatic rings. The molecule has 0 fully saturated rings. The fraction of sp³-hybridized carbons (Fsp3) is 0.455. The molecule has 1 aromatic rings. The van der Waals surface area contributed by atoms with Crippen LogP contribution in [0.3, 0.4) is 0 Å². The van der Waals surface area contributed by atoms with Gasteiger partial charge in [-0.3, -0.25) is 0 Å². The summed E-state index contributed by atoms with van der Waals surface area (Å²) in [6, 6.07) is 4.85. The SMILES string of the molecule is CC(C)C(C)Sc1ccc(S(N)(=O)=O)c(N)c1. The van der Waals surface area contributed by atoms with Crippen molar-refractivity contribution in [2.24, 2.45) is 11.1 Å². The van der Waals surface area contributed by atoms with Crippen molar-refractivity contribution < 1.29 is 8.42 Å². The van der Waals surface area contributed by atoms with E-state index in [4.69, 9.17) is 10.9 Å². The van der Waals surface area contributed by atoms with Crippen molar-refractivity contribution in [3.05, 3.63) is 18.2 Å². The zero-order chi connectivity index (χ0) is 13.2. The average molecular weight is 274 g/mol. The normalized spacial score (nSPS) is 13.9. The van der Waals surface area contributed by atoms with E-state index in [1.54, 1.807) is 23.9 Å². The highest BCUT2D eigenvalue weighted by molar-refractivity contribution is 8.00. The molecule has 0 bridgehead atoms. The van der Waals surface area contributed by atoms with Gasteiger partial charge < -0.3 is 5.73 Å². The molecule has 4 N–H and O–H groups in total. The van der Waals surface area contributed by atoms with Gasteiger partial charge in [-0.15, -0.1) is 11.8 Å². The minimum atomic E-state index is -3.73. The fourth-order valence-corrected chi connectivity index (χ4v) is 2.90. The number of benzene rings is 1. The first-order chi connectivity index (χ1) is 7.71. The summed E-state index contributed by atoms with van der Waals surface area (Å²) in [5, 5.41) is 5.48. The van der Waals surface area contributed by atoms with Crippen molar-refractivity contribution >= 4 is 27.5 Å². The van der Waals surface area contributed by atoms with Crippen molar-refractivity contribution in [1.29, 1.82) is 0 Å². The molecule has 0 heterocycles. The Balaban J connectivity index is 2.98. The Hall–Kier alpha value is -0.720. The van der Waals surface area contributed by atoms with Crippen molar-refractivity contribution in [1.82, 2.24) is 0 Å². The molecule has 96 valence electrons. The van der Waals surface area contributed by atoms with Gasteiger partial charge in [-0.1, -0.05) is 20.8 Å². The van der Waals surface area contributed by atoms with Crippen LogP contribution in [0.1, 0.15) is 20.8 Å². The van der Waals surface area contributed by atoms with Crippen LogP contribution in [0.25, 0.3) is 0 Å². The van der Waals surface area contributed by atoms with Gasteiger partial charge in [-0.2, -0.15) is 0 Å². The maximum Gasteiger partial charge on any atom is 0.240 e. The molecule has 0 aliphatic carbocycles. The molecule has 1 aromatic carbocycles. The molecule has 1 rings (SSSR count). The highest BCUT2D eigenvalue weighted by Gasteiger charge is 2.14. The Morgan fingerprint density at radius 2 is 1.82 bits per heavy atom. The first-order valence-electron chi connectivity index (χ1n) is 5.31. The number of nitrogens with two attached hydrogens (primary N) is 2. The number of nitrogen functional groups attached to an aromatic ring is 1. The lowest BCUT2D eigenvalue weighted by Gasteiger charge is -2.15. The number of rotatable bonds is 4. The van der Waals surface area contributed by atoms with Crippen LogP contribution in [0.2, 0.25) is 0 Å². The van der Waals surface area contributed by atoms with Crippen molar-refractivity contribution in [3.8, 4) is 0 Å². The molecule has 0 amide bonds. The summed E-state index contributed by atoms with van der Waals surface area (Å²) >= 11 is 1.67. The summed E-state index contributed by atoms with van der Waals surface area (Å²) in [7, 11) is -3.73. The third-order valence-corrected chi connectivity index (χ3v) is 4.98. The van der Waals surface area contributed by atoms with Crippen molar-refractivity contribution in [2.45, 2.75) is 35.8 Å². The van der Waals surface area contributed by atoms with E-state index in [9.17, 15) is 8.42 Å². The van der Waals surface area contributed by atoms with Crippen LogP contribution in [-0.2, 0) is 10.0 Å². The third kappa shape index (κ3) is 3.90. The quantitative estimate of drug-likeness (QED) is 0.650. The summed E-state index contributed by atoms with van der Waals surface area (Å²) in [5.74, 6) is 0.541. The van der Waals surface area contributed by atoms with Crippen LogP contribution >= 0.6 is 11.8 Å². The molecular weight excluding hydrogens is 256 g/mol. The second-order valence-corrected chi connectivity index (χ2v) is 7.29. The summed E-state index contributed by atoms with van der Waals surface area (Å²) in [6.07, 6.45) is 0. The lowest BCUT2D eigenvalue weighted by molar-refractivity contribution is 0.598. The molecule has 0 spiro atoms. The largest absolute Gasteiger partial charge is 0.398 e. The number of hydrogen-bond donors (Lipinski definition) is 2. The topological polar surface area (TPSA) is 86.2 Å². The molecule has 17 heavy (non-hydrogen) atoms. The van der Waals surface area contributed by atoms with Gasteiger partial charge in [0.15, 0.2) is 0 Å². The second kappa shape index (κ2) is 5.29. The number of sulfonamides is 1. The lowest BCUT2D eigenvalue weighted by atomic mass is 10.2. The summed E-state index contributed by atoms with van der Waals surface area (Å²) in [5.41, 5.74) is 5.89. The average Bonchev–Trinajstić information content (AvgIpc) is 2.15. The van der Waals surface area contributed by atoms with Gasteiger partial charge in [-0.05, 0) is 24.1 Å². The number of anilines is 1. The van der Waals surface area contributed by atoms with Gasteiger partial charge in [0.2, 0.25) is 10.0 Å². The Morgan fingerprint density at radius 1 is 1.24 bits per heavy atom. The number of thioether (sulfide) groups is 1. The first kappa shape index (κ1) is 14.3. The zero-order valence-electron chi connectivity index (χ0n) is 10.2. The maximum absolute atomic E-state index is 11.2. The summed E-state index contributed by atoms with van der Waals surface area (Å²) in [6.45, 7) is 6.40. The van der Waals surface area contributed by atoms with Crippen LogP contribution in [0.15, 0.2) is 28.0 Å². The summed E-state index contributed by atoms with van der Waals surface area (Å²) < 4.78 is 22.4. The van der Waals surface area contributed by atoms with Crippen LogP contribution < -0.4 is 10.9 Å². The van der Waals surface area contributed by atoms with Crippen LogP contribution in [0, 0.1) is 5.92 Å². The van der Waals surface area contributed by atoms with Gasteiger partial charge in [0.25, 0.3) is 0 Å². The third-order valence-electron chi connectivity index (χ3n) is 2.55. The van der Waals surface area contributed by atoms with Gasteiger partial charge >= 0.3 is 0 Å². The molecule has 0 aliphatic heterocycles. The lowest BCUT2D eigenvalue weighted by Crippen LogP contribution is -2.14. The first-order valence-corrected chi connectivity index (χ1v) is 7.73. The van der Waals surface area contributed by atoms with E-state index in [1.807, 2.05) is 0 Å². The molecule has 1 atom stereocenters. The van der Waals surface area contributed by atoms with Crippen LogP contribution in [0.5, 0.6) is 0 Å². The van der Waals surface area contributed by atoms with Gasteiger partial charge in [0.1, 0.15) is 4.90 Å². The second-order valence-electron chi connectivity index (χ2n) is 4.31. The van der Waals surface area contributed by atoms with E-state index >= 15 is 0 Å². The number of hydrogen-bond acceptors (Lipinski definition) is 4. The van der Waals surface area contributed by atoms with Crippen LogP contribution in [-0.4, -0.2) is 13.7 Å². The van der Waals surface area contributed by atoms with Gasteiger partial charge in [0, 0.05) is 10.1 Å². The summed E-state index contributed by atoms with van der Waals surface area (Å²) in [4.78, 5) is 0.940. The maximum atomic E-state index is 11.2. The van der Waals surface area contributed by atoms with E-state index in [0.717, 1.165) is 4.90 Å². The molecule has 4 nitrogen and oxygen atoms in total. The minimum Gasteiger partial charge on any atom is -0.398 e. The van der Waals surface area contributed by atoms with E-state index in [-0.39, 0.29) is 10.6 Å². The van der Waals surface area contributed by atoms with E-state index in [2.05, 4.69) is 20.8 Å². The highest BCUT2D eigenvalue weighted by Crippen LogP contribution is 2.30. The molecule has 1 unspecified atom stereocenters. The molecule has 0 radical (unpaired) electrons. The standard InChI is InChI=1S/C11H18N2O2S2/c1-7(2)8(3)16-9-4-5-11(10(12)6-9)17(13,14)15/h4-8H,12H2,1-3H3,(H2,13,14,15). The Kier molecular flexibility index (Phi) is 4.46. The van der Waals surface area contributed by atoms with E-state index in [1.165, 1.54) is 6.07 Å². The molecular formula is C11H18N2O2S2. The van der Waals surface area contributed by atoms with Crippen molar-refractivity contribution in [2.75, 3.05) is 5.73 Å². The van der Waals surface area contributed by atoms with E-state index in [0.29, 0.717) is 11.2 Å². The minimum absolute atomic E-state index is 0.0148. The molecule has 0 saturated carbocycles.